The Morgan fingerprint density at radius 1 is 1.31 bits per heavy atom. The topological polar surface area (TPSA) is 20.3 Å². The summed E-state index contributed by atoms with van der Waals surface area (Å²) in [6.07, 6.45) is 1.85. The van der Waals surface area contributed by atoms with E-state index in [9.17, 15) is 4.79 Å². The Kier molecular flexibility index (Phi) is 7.06. The van der Waals surface area contributed by atoms with Crippen molar-refractivity contribution < 1.29 is 4.79 Å². The fraction of sp³-hybridized carbons (Fsp3) is 0.900. The molecule has 0 radical (unpaired) electrons. The van der Waals surface area contributed by atoms with Crippen LogP contribution in [0.3, 0.4) is 0 Å². The van der Waals surface area contributed by atoms with Crippen LogP contribution in [0.15, 0.2) is 0 Å². The Morgan fingerprint density at radius 3 is 2.15 bits per heavy atom. The van der Waals surface area contributed by atoms with E-state index < -0.39 is 0 Å². The summed E-state index contributed by atoms with van der Waals surface area (Å²) >= 11 is 5.62. The van der Waals surface area contributed by atoms with Gasteiger partial charge >= 0.3 is 0 Å². The number of alkyl halides is 1. The summed E-state index contributed by atoms with van der Waals surface area (Å²) in [4.78, 5) is 13.6. The van der Waals surface area contributed by atoms with Gasteiger partial charge in [-0.15, -0.1) is 11.6 Å². The molecule has 0 saturated carbocycles. The highest BCUT2D eigenvalue weighted by molar-refractivity contribution is 6.18. The summed E-state index contributed by atoms with van der Waals surface area (Å²) in [6, 6.07) is 0. The number of rotatable bonds is 6. The highest BCUT2D eigenvalue weighted by Crippen LogP contribution is 2.11. The molecular formula is C10H20ClNO. The number of carbonyl (C=O) groups is 1. The molecule has 0 bridgehead atoms. The average Bonchev–Trinajstić information content (AvgIpc) is 2.15. The second-order valence-corrected chi connectivity index (χ2v) is 3.50. The van der Waals surface area contributed by atoms with Crippen molar-refractivity contribution in [3.63, 3.8) is 0 Å². The Bertz CT molecular complexity index is 146. The zero-order valence-corrected chi connectivity index (χ0v) is 9.60. The van der Waals surface area contributed by atoms with Crippen LogP contribution in [0.4, 0.5) is 0 Å². The minimum atomic E-state index is 0.183. The minimum absolute atomic E-state index is 0.183. The Balaban J connectivity index is 4.16. The van der Waals surface area contributed by atoms with Gasteiger partial charge in [0.2, 0.25) is 5.91 Å². The van der Waals surface area contributed by atoms with Gasteiger partial charge in [0.25, 0.3) is 0 Å². The van der Waals surface area contributed by atoms with E-state index in [1.807, 2.05) is 11.8 Å². The van der Waals surface area contributed by atoms with E-state index in [1.165, 1.54) is 0 Å². The monoisotopic (exact) mass is 205 g/mol. The number of nitrogens with zero attached hydrogens (tertiary/aromatic N) is 1. The highest BCUT2D eigenvalue weighted by atomic mass is 35.5. The number of halogens is 1. The molecule has 0 atom stereocenters. The maximum atomic E-state index is 11.8. The largest absolute Gasteiger partial charge is 0.342 e. The molecule has 3 heteroatoms. The second kappa shape index (κ2) is 7.19. The van der Waals surface area contributed by atoms with Crippen LogP contribution in [0.2, 0.25) is 0 Å². The molecule has 0 rings (SSSR count). The fourth-order valence-corrected chi connectivity index (χ4v) is 1.63. The van der Waals surface area contributed by atoms with E-state index in [-0.39, 0.29) is 11.8 Å². The smallest absolute Gasteiger partial charge is 0.225 e. The van der Waals surface area contributed by atoms with Gasteiger partial charge < -0.3 is 4.90 Å². The maximum Gasteiger partial charge on any atom is 0.225 e. The second-order valence-electron chi connectivity index (χ2n) is 3.12. The zero-order valence-electron chi connectivity index (χ0n) is 8.85. The van der Waals surface area contributed by atoms with Crippen LogP contribution in [-0.4, -0.2) is 29.8 Å². The SMILES string of the molecule is CCC(CC)C(=O)N(CC)CCCl. The zero-order chi connectivity index (χ0) is 10.3. The Hall–Kier alpha value is -0.240. The summed E-state index contributed by atoms with van der Waals surface area (Å²) in [5.74, 6) is 0.969. The van der Waals surface area contributed by atoms with Gasteiger partial charge in [0.15, 0.2) is 0 Å². The van der Waals surface area contributed by atoms with Crippen molar-refractivity contribution in [2.24, 2.45) is 5.92 Å². The molecule has 0 heterocycles. The molecule has 0 unspecified atom stereocenters. The molecule has 0 aromatic carbocycles. The molecule has 0 N–H and O–H groups in total. The van der Waals surface area contributed by atoms with Crippen LogP contribution in [0.5, 0.6) is 0 Å². The quantitative estimate of drug-likeness (QED) is 0.611. The van der Waals surface area contributed by atoms with Gasteiger partial charge in [-0.1, -0.05) is 13.8 Å². The molecule has 0 aliphatic heterocycles. The molecule has 0 aromatic heterocycles. The number of carbonyl (C=O) groups excluding carboxylic acids is 1. The first kappa shape index (κ1) is 12.8. The first-order chi connectivity index (χ1) is 6.21. The lowest BCUT2D eigenvalue weighted by molar-refractivity contribution is -0.135. The molecule has 2 nitrogen and oxygen atoms in total. The van der Waals surface area contributed by atoms with Crippen LogP contribution in [-0.2, 0) is 4.79 Å². The summed E-state index contributed by atoms with van der Waals surface area (Å²) in [7, 11) is 0. The average molecular weight is 206 g/mol. The Morgan fingerprint density at radius 2 is 1.85 bits per heavy atom. The van der Waals surface area contributed by atoms with Crippen molar-refractivity contribution in [2.75, 3.05) is 19.0 Å². The van der Waals surface area contributed by atoms with Crippen molar-refractivity contribution in [3.05, 3.63) is 0 Å². The van der Waals surface area contributed by atoms with E-state index in [1.54, 1.807) is 0 Å². The summed E-state index contributed by atoms with van der Waals surface area (Å²) < 4.78 is 0. The molecule has 0 aliphatic carbocycles. The van der Waals surface area contributed by atoms with E-state index in [0.29, 0.717) is 12.4 Å². The lowest BCUT2D eigenvalue weighted by Crippen LogP contribution is -2.37. The predicted molar refractivity (Wildman–Crippen MR) is 57.0 cm³/mol. The summed E-state index contributed by atoms with van der Waals surface area (Å²) in [6.45, 7) is 7.55. The lowest BCUT2D eigenvalue weighted by atomic mass is 10.0. The third-order valence-electron chi connectivity index (χ3n) is 2.38. The van der Waals surface area contributed by atoms with Gasteiger partial charge in [0, 0.05) is 24.9 Å². The van der Waals surface area contributed by atoms with Crippen LogP contribution in [0.1, 0.15) is 33.6 Å². The van der Waals surface area contributed by atoms with Crippen molar-refractivity contribution in [2.45, 2.75) is 33.6 Å². The third-order valence-corrected chi connectivity index (χ3v) is 2.55. The third kappa shape index (κ3) is 3.99. The van der Waals surface area contributed by atoms with Crippen LogP contribution >= 0.6 is 11.6 Å². The van der Waals surface area contributed by atoms with E-state index in [2.05, 4.69) is 13.8 Å². The van der Waals surface area contributed by atoms with Crippen molar-refractivity contribution in [1.29, 1.82) is 0 Å². The van der Waals surface area contributed by atoms with E-state index >= 15 is 0 Å². The summed E-state index contributed by atoms with van der Waals surface area (Å²) in [5, 5.41) is 0. The van der Waals surface area contributed by atoms with Crippen LogP contribution in [0, 0.1) is 5.92 Å². The normalized spacial score (nSPS) is 10.5. The maximum absolute atomic E-state index is 11.8. The molecule has 0 saturated heterocycles. The van der Waals surface area contributed by atoms with Gasteiger partial charge in [0.05, 0.1) is 0 Å². The van der Waals surface area contributed by atoms with Crippen molar-refractivity contribution in [1.82, 2.24) is 4.90 Å². The van der Waals surface area contributed by atoms with Crippen LogP contribution in [0.25, 0.3) is 0 Å². The predicted octanol–water partition coefficient (Wildman–Crippen LogP) is 2.51. The standard InChI is InChI=1S/C10H20ClNO/c1-4-9(5-2)10(13)12(6-3)8-7-11/h9H,4-8H2,1-3H3. The van der Waals surface area contributed by atoms with Gasteiger partial charge in [-0.25, -0.2) is 0 Å². The number of amides is 1. The molecule has 0 aliphatic rings. The van der Waals surface area contributed by atoms with Gasteiger partial charge in [-0.3, -0.25) is 4.79 Å². The van der Waals surface area contributed by atoms with Crippen LogP contribution < -0.4 is 0 Å². The first-order valence-corrected chi connectivity index (χ1v) is 5.59. The molecule has 0 fully saturated rings. The molecule has 78 valence electrons. The molecule has 1 amide bonds. The molecular weight excluding hydrogens is 186 g/mol. The molecule has 0 aromatic rings. The summed E-state index contributed by atoms with van der Waals surface area (Å²) in [5.41, 5.74) is 0. The van der Waals surface area contributed by atoms with Gasteiger partial charge in [-0.2, -0.15) is 0 Å². The van der Waals surface area contributed by atoms with E-state index in [0.717, 1.165) is 19.4 Å². The molecule has 13 heavy (non-hydrogen) atoms. The minimum Gasteiger partial charge on any atom is -0.342 e. The lowest BCUT2D eigenvalue weighted by Gasteiger charge is -2.24. The number of hydrogen-bond donors (Lipinski definition) is 0. The number of hydrogen-bond acceptors (Lipinski definition) is 1. The van der Waals surface area contributed by atoms with Crippen molar-refractivity contribution >= 4 is 17.5 Å². The van der Waals surface area contributed by atoms with E-state index in [4.69, 9.17) is 11.6 Å². The van der Waals surface area contributed by atoms with Crippen molar-refractivity contribution in [3.8, 4) is 0 Å². The Labute approximate surface area is 86.2 Å². The van der Waals surface area contributed by atoms with Gasteiger partial charge in [0.1, 0.15) is 0 Å². The molecule has 0 spiro atoms. The van der Waals surface area contributed by atoms with Gasteiger partial charge in [-0.05, 0) is 19.8 Å². The first-order valence-electron chi connectivity index (χ1n) is 5.05. The fourth-order valence-electron chi connectivity index (χ4n) is 1.42. The highest BCUT2D eigenvalue weighted by Gasteiger charge is 2.19.